The van der Waals surface area contributed by atoms with Crippen LogP contribution in [-0.4, -0.2) is 55.5 Å². The van der Waals surface area contributed by atoms with E-state index >= 15 is 0 Å². The van der Waals surface area contributed by atoms with Gasteiger partial charge in [-0.05, 0) is 33.1 Å². The van der Waals surface area contributed by atoms with Crippen LogP contribution in [0.3, 0.4) is 0 Å². The number of morpholine rings is 1. The van der Waals surface area contributed by atoms with Gasteiger partial charge in [-0.15, -0.1) is 0 Å². The van der Waals surface area contributed by atoms with Crippen LogP contribution < -0.4 is 5.32 Å². The molecule has 0 aromatic heterocycles. The Morgan fingerprint density at radius 3 is 2.43 bits per heavy atom. The molecule has 1 aliphatic carbocycles. The molecule has 1 aliphatic heterocycles. The number of hydrogen-bond donors (Lipinski definition) is 1. The molecule has 0 bridgehead atoms. The summed E-state index contributed by atoms with van der Waals surface area (Å²) in [7, 11) is 0. The lowest BCUT2D eigenvalue weighted by atomic mass is 9.84. The summed E-state index contributed by atoms with van der Waals surface area (Å²) in [5, 5.41) is 3.44. The molecule has 3 nitrogen and oxygen atoms in total. The second-order valence-corrected chi connectivity index (χ2v) is 6.45. The summed E-state index contributed by atoms with van der Waals surface area (Å²) in [6, 6.07) is 0.504. The molecule has 6 heteroatoms. The van der Waals surface area contributed by atoms with Gasteiger partial charge in [-0.3, -0.25) is 4.90 Å². The Morgan fingerprint density at radius 2 is 1.81 bits per heavy atom. The number of halogens is 3. The molecular formula is C15H27F3N2O. The van der Waals surface area contributed by atoms with E-state index in [1.165, 1.54) is 0 Å². The predicted octanol–water partition coefficient (Wildman–Crippen LogP) is 2.81. The normalized spacial score (nSPS) is 31.9. The fraction of sp³-hybridized carbons (Fsp3) is 1.00. The summed E-state index contributed by atoms with van der Waals surface area (Å²) in [5.41, 5.74) is 0. The Bertz CT molecular complexity index is 319. The maximum absolute atomic E-state index is 12.9. The van der Waals surface area contributed by atoms with Crippen LogP contribution in [0.4, 0.5) is 13.2 Å². The number of nitrogens with zero attached hydrogens (tertiary/aromatic N) is 1. The smallest absolute Gasteiger partial charge is 0.379 e. The highest BCUT2D eigenvalue weighted by Gasteiger charge is 2.42. The van der Waals surface area contributed by atoms with Crippen molar-refractivity contribution in [3.8, 4) is 0 Å². The Balaban J connectivity index is 1.82. The summed E-state index contributed by atoms with van der Waals surface area (Å²) >= 11 is 0. The van der Waals surface area contributed by atoms with Gasteiger partial charge in [0, 0.05) is 31.2 Å². The number of alkyl halides is 3. The van der Waals surface area contributed by atoms with Gasteiger partial charge in [0.25, 0.3) is 0 Å². The highest BCUT2D eigenvalue weighted by molar-refractivity contribution is 4.87. The van der Waals surface area contributed by atoms with E-state index in [2.05, 4.69) is 24.1 Å². The third-order valence-corrected chi connectivity index (χ3v) is 4.98. The summed E-state index contributed by atoms with van der Waals surface area (Å²) in [6.07, 6.45) is -2.01. The Hall–Kier alpha value is -0.330. The van der Waals surface area contributed by atoms with Gasteiger partial charge in [0.05, 0.1) is 19.1 Å². The number of rotatable bonds is 4. The lowest BCUT2D eigenvalue weighted by Gasteiger charge is -2.39. The van der Waals surface area contributed by atoms with Gasteiger partial charge in [-0.1, -0.05) is 6.42 Å². The topological polar surface area (TPSA) is 24.5 Å². The zero-order valence-corrected chi connectivity index (χ0v) is 13.0. The second-order valence-electron chi connectivity index (χ2n) is 6.45. The van der Waals surface area contributed by atoms with E-state index in [9.17, 15) is 13.2 Å². The van der Waals surface area contributed by atoms with Crippen molar-refractivity contribution in [2.45, 2.75) is 63.8 Å². The standard InChI is InChI=1S/C15H27F3N2O/c1-11(12(2)20-6-8-21-9-7-20)19-14-5-3-4-13(10-14)15(16,17)18/h11-14,19H,3-10H2,1-2H3/t11-,12-,13-,14+/m0/s1. The van der Waals surface area contributed by atoms with Crippen LogP contribution in [0, 0.1) is 5.92 Å². The van der Waals surface area contributed by atoms with Gasteiger partial charge < -0.3 is 10.1 Å². The molecule has 0 radical (unpaired) electrons. The highest BCUT2D eigenvalue weighted by atomic mass is 19.4. The van der Waals surface area contributed by atoms with Gasteiger partial charge >= 0.3 is 6.18 Å². The number of nitrogens with one attached hydrogen (secondary N) is 1. The fourth-order valence-corrected chi connectivity index (χ4v) is 3.45. The molecule has 0 aromatic rings. The molecule has 124 valence electrons. The van der Waals surface area contributed by atoms with Crippen LogP contribution in [0.1, 0.15) is 39.5 Å². The molecule has 2 rings (SSSR count). The van der Waals surface area contributed by atoms with E-state index in [0.717, 1.165) is 32.7 Å². The monoisotopic (exact) mass is 308 g/mol. The molecule has 0 aromatic carbocycles. The van der Waals surface area contributed by atoms with E-state index in [-0.39, 0.29) is 24.9 Å². The summed E-state index contributed by atoms with van der Waals surface area (Å²) in [4.78, 5) is 2.35. The first-order valence-corrected chi connectivity index (χ1v) is 8.02. The summed E-state index contributed by atoms with van der Waals surface area (Å²) < 4.78 is 43.9. The van der Waals surface area contributed by atoms with Crippen LogP contribution in [0.25, 0.3) is 0 Å². The van der Waals surface area contributed by atoms with Gasteiger partial charge in [0.2, 0.25) is 0 Å². The average Bonchev–Trinajstić information content (AvgIpc) is 2.47. The Labute approximate surface area is 125 Å². The van der Waals surface area contributed by atoms with Crippen molar-refractivity contribution in [3.63, 3.8) is 0 Å². The molecule has 21 heavy (non-hydrogen) atoms. The van der Waals surface area contributed by atoms with Gasteiger partial charge in [0.15, 0.2) is 0 Å². The van der Waals surface area contributed by atoms with E-state index in [1.807, 2.05) is 0 Å². The van der Waals surface area contributed by atoms with E-state index in [1.54, 1.807) is 0 Å². The van der Waals surface area contributed by atoms with Crippen molar-refractivity contribution in [1.82, 2.24) is 10.2 Å². The maximum Gasteiger partial charge on any atom is 0.391 e. The first-order chi connectivity index (χ1) is 9.88. The van der Waals surface area contributed by atoms with E-state index in [0.29, 0.717) is 12.5 Å². The maximum atomic E-state index is 12.9. The van der Waals surface area contributed by atoms with Crippen LogP contribution in [0.15, 0.2) is 0 Å². The number of hydrogen-bond acceptors (Lipinski definition) is 3. The first-order valence-electron chi connectivity index (χ1n) is 8.02. The van der Waals surface area contributed by atoms with Crippen LogP contribution in [0.2, 0.25) is 0 Å². The van der Waals surface area contributed by atoms with Crippen molar-refractivity contribution in [2.24, 2.45) is 5.92 Å². The lowest BCUT2D eigenvalue weighted by Crippen LogP contribution is -2.54. The average molecular weight is 308 g/mol. The largest absolute Gasteiger partial charge is 0.391 e. The summed E-state index contributed by atoms with van der Waals surface area (Å²) in [6.45, 7) is 7.53. The molecule has 0 spiro atoms. The number of ether oxygens (including phenoxy) is 1. The third kappa shape index (κ3) is 4.83. The molecule has 1 heterocycles. The van der Waals surface area contributed by atoms with Crippen molar-refractivity contribution in [2.75, 3.05) is 26.3 Å². The SMILES string of the molecule is C[C@H](N[C@@H]1CCC[C@H](C(F)(F)F)C1)[C@H](C)N1CCOCC1. The zero-order chi connectivity index (χ0) is 15.5. The van der Waals surface area contributed by atoms with Crippen molar-refractivity contribution in [1.29, 1.82) is 0 Å². The fourth-order valence-electron chi connectivity index (χ4n) is 3.45. The lowest BCUT2D eigenvalue weighted by molar-refractivity contribution is -0.184. The molecule has 4 atom stereocenters. The van der Waals surface area contributed by atoms with Crippen LogP contribution in [0.5, 0.6) is 0 Å². The first kappa shape index (κ1) is 17.0. The minimum absolute atomic E-state index is 0.0103. The minimum Gasteiger partial charge on any atom is -0.379 e. The molecule has 0 unspecified atom stereocenters. The van der Waals surface area contributed by atoms with Crippen LogP contribution in [-0.2, 0) is 4.74 Å². The van der Waals surface area contributed by atoms with Crippen molar-refractivity contribution >= 4 is 0 Å². The predicted molar refractivity (Wildman–Crippen MR) is 76.3 cm³/mol. The quantitative estimate of drug-likeness (QED) is 0.864. The summed E-state index contributed by atoms with van der Waals surface area (Å²) in [5.74, 6) is -1.13. The highest BCUT2D eigenvalue weighted by Crippen LogP contribution is 2.37. The molecule has 1 saturated heterocycles. The molecule has 1 saturated carbocycles. The third-order valence-electron chi connectivity index (χ3n) is 4.98. The molecule has 0 amide bonds. The van der Waals surface area contributed by atoms with Gasteiger partial charge in [0.1, 0.15) is 0 Å². The molecule has 2 fully saturated rings. The zero-order valence-electron chi connectivity index (χ0n) is 13.0. The molecular weight excluding hydrogens is 281 g/mol. The van der Waals surface area contributed by atoms with Gasteiger partial charge in [-0.25, -0.2) is 0 Å². The van der Waals surface area contributed by atoms with Crippen molar-refractivity contribution < 1.29 is 17.9 Å². The Kier molecular flexibility index (Phi) is 5.91. The second kappa shape index (κ2) is 7.29. The van der Waals surface area contributed by atoms with Crippen LogP contribution >= 0.6 is 0 Å². The van der Waals surface area contributed by atoms with Crippen molar-refractivity contribution in [3.05, 3.63) is 0 Å². The van der Waals surface area contributed by atoms with E-state index < -0.39 is 12.1 Å². The minimum atomic E-state index is -4.04. The Morgan fingerprint density at radius 1 is 1.14 bits per heavy atom. The molecule has 2 aliphatic rings. The van der Waals surface area contributed by atoms with Gasteiger partial charge in [-0.2, -0.15) is 13.2 Å². The molecule has 1 N–H and O–H groups in total. The van der Waals surface area contributed by atoms with E-state index in [4.69, 9.17) is 4.74 Å².